The molecule has 0 radical (unpaired) electrons. The van der Waals surface area contributed by atoms with Crippen molar-refractivity contribution in [2.75, 3.05) is 6.61 Å². The van der Waals surface area contributed by atoms with Crippen LogP contribution in [0.3, 0.4) is 0 Å². The van der Waals surface area contributed by atoms with Gasteiger partial charge in [-0.3, -0.25) is 9.59 Å². The lowest BCUT2D eigenvalue weighted by atomic mass is 9.42. The van der Waals surface area contributed by atoms with Gasteiger partial charge in [-0.05, 0) is 99.2 Å². The van der Waals surface area contributed by atoms with Crippen LogP contribution in [0.2, 0.25) is 0 Å². The van der Waals surface area contributed by atoms with E-state index < -0.39 is 16.8 Å². The van der Waals surface area contributed by atoms with Crippen LogP contribution in [-0.4, -0.2) is 34.0 Å². The normalized spacial score (nSPS) is 38.5. The van der Waals surface area contributed by atoms with Gasteiger partial charge in [-0.1, -0.05) is 36.8 Å². The fraction of sp³-hybridized carbons (Fsp3) is 0.600. The van der Waals surface area contributed by atoms with E-state index in [0.29, 0.717) is 49.0 Å². The van der Waals surface area contributed by atoms with Crippen LogP contribution < -0.4 is 0 Å². The standard InChI is InChI=1S/C30H37FO4/c1-18(33)19-4-6-20(7-5-19)25-17-29(2)26(12-13-27(31)30(29,35)14-3-15-32)24-10-8-21-16-22(34)9-11-23(21)28(24)25/h4-7,13,16,23-26,28,32,35H,3,8-12,14-15,17H2,1-2H3/t23-,24-,25+,26-,28+,29-,30?/m0/s1. The van der Waals surface area contributed by atoms with Crippen molar-refractivity contribution in [2.45, 2.75) is 76.7 Å². The Morgan fingerprint density at radius 3 is 2.57 bits per heavy atom. The van der Waals surface area contributed by atoms with Crippen molar-refractivity contribution < 1.29 is 24.2 Å². The second kappa shape index (κ2) is 9.08. The average molecular weight is 481 g/mol. The van der Waals surface area contributed by atoms with Crippen molar-refractivity contribution in [1.29, 1.82) is 0 Å². The molecule has 0 bridgehead atoms. The highest BCUT2D eigenvalue weighted by atomic mass is 19.1. The number of carbonyl (C=O) groups excluding carboxylic acids is 2. The molecule has 5 heteroatoms. The van der Waals surface area contributed by atoms with E-state index in [2.05, 4.69) is 6.92 Å². The SMILES string of the molecule is CC(=O)c1ccc([C@H]2C[C@@]3(C)[C@@H](CC=C(F)C3(O)CCCO)[C@@H]3CCC4=CC(=O)CC[C@@H]4[C@H]32)cc1. The molecule has 0 aliphatic heterocycles. The molecule has 35 heavy (non-hydrogen) atoms. The van der Waals surface area contributed by atoms with Gasteiger partial charge in [0, 0.05) is 24.0 Å². The van der Waals surface area contributed by atoms with Crippen LogP contribution in [0.25, 0.3) is 0 Å². The van der Waals surface area contributed by atoms with Gasteiger partial charge >= 0.3 is 0 Å². The van der Waals surface area contributed by atoms with Crippen LogP contribution in [0.4, 0.5) is 4.39 Å². The topological polar surface area (TPSA) is 74.6 Å². The van der Waals surface area contributed by atoms with Crippen molar-refractivity contribution >= 4 is 11.6 Å². The summed E-state index contributed by atoms with van der Waals surface area (Å²) in [5.74, 6) is 0.990. The average Bonchev–Trinajstić information content (AvgIpc) is 2.85. The van der Waals surface area contributed by atoms with E-state index >= 15 is 4.39 Å². The fourth-order valence-electron chi connectivity index (χ4n) is 8.28. The molecule has 2 fully saturated rings. The molecule has 0 spiro atoms. The first-order chi connectivity index (χ1) is 16.7. The zero-order valence-electron chi connectivity index (χ0n) is 20.8. The van der Waals surface area contributed by atoms with Crippen molar-refractivity contribution in [3.05, 3.63) is 58.9 Å². The van der Waals surface area contributed by atoms with Gasteiger partial charge in [0.1, 0.15) is 11.4 Å². The van der Waals surface area contributed by atoms with Crippen LogP contribution >= 0.6 is 0 Å². The molecule has 0 amide bonds. The van der Waals surface area contributed by atoms with Crippen molar-refractivity contribution in [2.24, 2.45) is 29.1 Å². The van der Waals surface area contributed by atoms with Gasteiger partial charge in [-0.2, -0.15) is 0 Å². The number of aliphatic hydroxyl groups is 2. The Hall–Kier alpha value is -2.11. The predicted octanol–water partition coefficient (Wildman–Crippen LogP) is 5.69. The quantitative estimate of drug-likeness (QED) is 0.531. The number of hydrogen-bond donors (Lipinski definition) is 2. The molecular weight excluding hydrogens is 443 g/mol. The second-order valence-corrected chi connectivity index (χ2v) is 11.6. The molecule has 0 saturated heterocycles. The summed E-state index contributed by atoms with van der Waals surface area (Å²) >= 11 is 0. The van der Waals surface area contributed by atoms with Crippen molar-refractivity contribution in [3.63, 3.8) is 0 Å². The number of fused-ring (bicyclic) bond motifs is 5. The summed E-state index contributed by atoms with van der Waals surface area (Å²) < 4.78 is 15.4. The van der Waals surface area contributed by atoms with E-state index in [4.69, 9.17) is 0 Å². The van der Waals surface area contributed by atoms with Crippen LogP contribution in [0, 0.1) is 29.1 Å². The summed E-state index contributed by atoms with van der Waals surface area (Å²) in [5, 5.41) is 21.4. The number of allylic oxidation sites excluding steroid dienone is 3. The van der Waals surface area contributed by atoms with Crippen molar-refractivity contribution in [3.8, 4) is 0 Å². The first-order valence-corrected chi connectivity index (χ1v) is 13.2. The maximum atomic E-state index is 15.4. The van der Waals surface area contributed by atoms with E-state index in [1.807, 2.05) is 30.3 Å². The van der Waals surface area contributed by atoms with E-state index in [1.165, 1.54) is 5.57 Å². The third-order valence-electron chi connectivity index (χ3n) is 10.0. The third kappa shape index (κ3) is 3.86. The molecule has 7 atom stereocenters. The lowest BCUT2D eigenvalue weighted by molar-refractivity contribution is -0.165. The maximum Gasteiger partial charge on any atom is 0.159 e. The van der Waals surface area contributed by atoms with E-state index in [-0.39, 0.29) is 36.4 Å². The smallest absolute Gasteiger partial charge is 0.159 e. The highest BCUT2D eigenvalue weighted by Gasteiger charge is 2.63. The molecule has 2 N–H and O–H groups in total. The van der Waals surface area contributed by atoms with Gasteiger partial charge < -0.3 is 10.2 Å². The van der Waals surface area contributed by atoms with Crippen LogP contribution in [0.15, 0.2) is 47.8 Å². The summed E-state index contributed by atoms with van der Waals surface area (Å²) in [6.07, 6.45) is 8.55. The summed E-state index contributed by atoms with van der Waals surface area (Å²) in [6, 6.07) is 7.83. The van der Waals surface area contributed by atoms with Gasteiger partial charge in [0.25, 0.3) is 0 Å². The highest BCUT2D eigenvalue weighted by molar-refractivity contribution is 5.94. The molecule has 1 unspecified atom stereocenters. The molecule has 0 aromatic heterocycles. The van der Waals surface area contributed by atoms with Gasteiger partial charge in [0.2, 0.25) is 0 Å². The van der Waals surface area contributed by atoms with Crippen LogP contribution in [0.5, 0.6) is 0 Å². The number of carbonyl (C=O) groups is 2. The Morgan fingerprint density at radius 1 is 1.14 bits per heavy atom. The number of halogens is 1. The zero-order chi connectivity index (χ0) is 25.0. The minimum absolute atomic E-state index is 0.0247. The van der Waals surface area contributed by atoms with Crippen LogP contribution in [-0.2, 0) is 4.79 Å². The second-order valence-electron chi connectivity index (χ2n) is 11.6. The number of hydrogen-bond acceptors (Lipinski definition) is 4. The number of benzene rings is 1. The maximum absolute atomic E-state index is 15.4. The summed E-state index contributed by atoms with van der Waals surface area (Å²) in [4.78, 5) is 24.1. The Morgan fingerprint density at radius 2 is 1.89 bits per heavy atom. The first kappa shape index (κ1) is 24.6. The Bertz CT molecular complexity index is 1070. The molecule has 5 rings (SSSR count). The predicted molar refractivity (Wildman–Crippen MR) is 133 cm³/mol. The highest BCUT2D eigenvalue weighted by Crippen LogP contribution is 2.67. The molecular formula is C30H37FO4. The molecule has 4 nitrogen and oxygen atoms in total. The van der Waals surface area contributed by atoms with E-state index in [9.17, 15) is 19.8 Å². The molecule has 1 aromatic carbocycles. The molecule has 2 saturated carbocycles. The minimum Gasteiger partial charge on any atom is -0.396 e. The minimum atomic E-state index is -1.60. The molecule has 4 aliphatic carbocycles. The van der Waals surface area contributed by atoms with Gasteiger partial charge in [0.05, 0.1) is 0 Å². The van der Waals surface area contributed by atoms with Gasteiger partial charge in [-0.15, -0.1) is 0 Å². The Balaban J connectivity index is 1.62. The van der Waals surface area contributed by atoms with Gasteiger partial charge in [-0.25, -0.2) is 4.39 Å². The number of rotatable bonds is 5. The largest absolute Gasteiger partial charge is 0.396 e. The number of ketones is 2. The number of aliphatic hydroxyl groups excluding tert-OH is 1. The molecule has 4 aliphatic rings. The first-order valence-electron chi connectivity index (χ1n) is 13.2. The fourth-order valence-corrected chi connectivity index (χ4v) is 8.28. The summed E-state index contributed by atoms with van der Waals surface area (Å²) in [7, 11) is 0. The van der Waals surface area contributed by atoms with E-state index in [0.717, 1.165) is 24.8 Å². The third-order valence-corrected chi connectivity index (χ3v) is 10.0. The van der Waals surface area contributed by atoms with Crippen molar-refractivity contribution in [1.82, 2.24) is 0 Å². The Kier molecular flexibility index (Phi) is 6.38. The molecule has 188 valence electrons. The molecule has 1 aromatic rings. The summed E-state index contributed by atoms with van der Waals surface area (Å²) in [5.41, 5.74) is 0.799. The van der Waals surface area contributed by atoms with E-state index in [1.54, 1.807) is 13.0 Å². The number of Topliss-reactive ketones (excluding diaryl/α,β-unsaturated/α-hetero) is 1. The zero-order valence-corrected chi connectivity index (χ0v) is 20.8. The summed E-state index contributed by atoms with van der Waals surface area (Å²) in [6.45, 7) is 3.54. The molecule has 0 heterocycles. The lowest BCUT2D eigenvalue weighted by Crippen LogP contribution is -2.61. The van der Waals surface area contributed by atoms with Gasteiger partial charge in [0.15, 0.2) is 11.6 Å². The lowest BCUT2D eigenvalue weighted by Gasteiger charge is -2.63. The Labute approximate surface area is 207 Å². The van der Waals surface area contributed by atoms with Crippen LogP contribution in [0.1, 0.15) is 87.1 Å². The monoisotopic (exact) mass is 480 g/mol.